The van der Waals surface area contributed by atoms with Crippen molar-refractivity contribution in [3.05, 3.63) is 23.9 Å². The highest BCUT2D eigenvalue weighted by atomic mass is 32.2. The quantitative estimate of drug-likeness (QED) is 0.575. The second-order valence-corrected chi connectivity index (χ2v) is 9.51. The standard InChI is InChI=1S/C18H28N4O4S/c1-2-15-6-7-16(19-14-15)21-10-12-22(13-11-21)27(25,26)18(17(23)20-24)8-4-3-5-9-18/h6-7,14,24H,2-5,8-13H2,1H3,(H,20,23). The second-order valence-electron chi connectivity index (χ2n) is 7.27. The molecule has 1 amide bonds. The van der Waals surface area contributed by atoms with Crippen LogP contribution in [0, 0.1) is 0 Å². The molecule has 2 heterocycles. The van der Waals surface area contributed by atoms with E-state index in [9.17, 15) is 13.2 Å². The van der Waals surface area contributed by atoms with E-state index in [2.05, 4.69) is 16.8 Å². The summed E-state index contributed by atoms with van der Waals surface area (Å²) in [4.78, 5) is 18.9. The smallest absolute Gasteiger partial charge is 0.266 e. The molecule has 0 atom stereocenters. The number of hydroxylamine groups is 1. The lowest BCUT2D eigenvalue weighted by Gasteiger charge is -2.41. The van der Waals surface area contributed by atoms with Gasteiger partial charge in [0.2, 0.25) is 10.0 Å². The molecular formula is C18H28N4O4S. The molecule has 150 valence electrons. The van der Waals surface area contributed by atoms with Crippen molar-refractivity contribution in [2.45, 2.75) is 50.2 Å². The maximum Gasteiger partial charge on any atom is 0.266 e. The molecule has 0 unspecified atom stereocenters. The number of carbonyl (C=O) groups is 1. The van der Waals surface area contributed by atoms with E-state index in [0.717, 1.165) is 24.2 Å². The number of nitrogens with one attached hydrogen (secondary N) is 1. The number of amides is 1. The second kappa shape index (κ2) is 8.12. The number of aryl methyl sites for hydroxylation is 1. The minimum absolute atomic E-state index is 0.252. The SMILES string of the molecule is CCc1ccc(N2CCN(S(=O)(=O)C3(C(=O)NO)CCCCC3)CC2)nc1. The van der Waals surface area contributed by atoms with E-state index in [1.807, 2.05) is 18.3 Å². The Bertz CT molecular complexity index is 752. The molecule has 0 aromatic carbocycles. The normalized spacial score (nSPS) is 21.0. The molecule has 1 saturated heterocycles. The lowest BCUT2D eigenvalue weighted by molar-refractivity contribution is -0.132. The van der Waals surface area contributed by atoms with Gasteiger partial charge < -0.3 is 4.90 Å². The molecule has 9 heteroatoms. The summed E-state index contributed by atoms with van der Waals surface area (Å²) in [5, 5.41) is 9.15. The van der Waals surface area contributed by atoms with Crippen molar-refractivity contribution in [2.24, 2.45) is 0 Å². The number of aromatic nitrogens is 1. The van der Waals surface area contributed by atoms with Gasteiger partial charge in [0.05, 0.1) is 0 Å². The van der Waals surface area contributed by atoms with Crippen LogP contribution in [0.25, 0.3) is 0 Å². The molecule has 2 N–H and O–H groups in total. The Morgan fingerprint density at radius 2 is 1.85 bits per heavy atom. The number of hydrogen-bond acceptors (Lipinski definition) is 6. The van der Waals surface area contributed by atoms with Gasteiger partial charge in [0.1, 0.15) is 5.82 Å². The number of pyridine rings is 1. The first kappa shape index (κ1) is 20.0. The number of piperazine rings is 1. The molecule has 2 aliphatic rings. The molecule has 1 aliphatic carbocycles. The van der Waals surface area contributed by atoms with E-state index in [0.29, 0.717) is 39.0 Å². The summed E-state index contributed by atoms with van der Waals surface area (Å²) >= 11 is 0. The average molecular weight is 397 g/mol. The number of sulfonamides is 1. The molecule has 1 aromatic heterocycles. The third kappa shape index (κ3) is 3.68. The van der Waals surface area contributed by atoms with Crippen molar-refractivity contribution in [2.75, 3.05) is 31.1 Å². The van der Waals surface area contributed by atoms with Gasteiger partial charge in [-0.2, -0.15) is 4.31 Å². The van der Waals surface area contributed by atoms with Crippen LogP contribution in [0.2, 0.25) is 0 Å². The van der Waals surface area contributed by atoms with Crippen molar-refractivity contribution in [1.82, 2.24) is 14.8 Å². The largest absolute Gasteiger partial charge is 0.354 e. The zero-order chi connectivity index (χ0) is 19.5. The number of rotatable bonds is 5. The topological polar surface area (TPSA) is 103 Å². The molecule has 2 fully saturated rings. The number of hydrogen-bond donors (Lipinski definition) is 2. The fourth-order valence-electron chi connectivity index (χ4n) is 4.04. The minimum atomic E-state index is -3.86. The molecule has 0 radical (unpaired) electrons. The van der Waals surface area contributed by atoms with Crippen molar-refractivity contribution in [1.29, 1.82) is 0 Å². The van der Waals surface area contributed by atoms with Crippen LogP contribution < -0.4 is 10.4 Å². The van der Waals surface area contributed by atoms with Crippen molar-refractivity contribution >= 4 is 21.7 Å². The van der Waals surface area contributed by atoms with E-state index in [1.54, 1.807) is 5.48 Å². The summed E-state index contributed by atoms with van der Waals surface area (Å²) in [7, 11) is -3.86. The molecule has 1 saturated carbocycles. The maximum absolute atomic E-state index is 13.3. The van der Waals surface area contributed by atoms with E-state index in [1.165, 1.54) is 4.31 Å². The fraction of sp³-hybridized carbons (Fsp3) is 0.667. The van der Waals surface area contributed by atoms with Gasteiger partial charge in [-0.3, -0.25) is 10.0 Å². The maximum atomic E-state index is 13.3. The van der Waals surface area contributed by atoms with Crippen molar-refractivity contribution < 1.29 is 18.4 Å². The van der Waals surface area contributed by atoms with Crippen molar-refractivity contribution in [3.8, 4) is 0 Å². The molecule has 0 spiro atoms. The van der Waals surface area contributed by atoms with Crippen LogP contribution in [0.3, 0.4) is 0 Å². The summed E-state index contributed by atoms with van der Waals surface area (Å²) in [5.74, 6) is 0.0335. The van der Waals surface area contributed by atoms with Crippen LogP contribution in [-0.2, 0) is 21.2 Å². The monoisotopic (exact) mass is 396 g/mol. The first-order chi connectivity index (χ1) is 12.9. The van der Waals surface area contributed by atoms with Crippen LogP contribution in [0.5, 0.6) is 0 Å². The van der Waals surface area contributed by atoms with Crippen LogP contribution in [0.1, 0.15) is 44.6 Å². The zero-order valence-electron chi connectivity index (χ0n) is 15.7. The van der Waals surface area contributed by atoms with E-state index in [-0.39, 0.29) is 12.8 Å². The van der Waals surface area contributed by atoms with Gasteiger partial charge in [0, 0.05) is 32.4 Å². The van der Waals surface area contributed by atoms with E-state index < -0.39 is 20.7 Å². The van der Waals surface area contributed by atoms with Gasteiger partial charge in [0.25, 0.3) is 5.91 Å². The predicted octanol–water partition coefficient (Wildman–Crippen LogP) is 1.30. The minimum Gasteiger partial charge on any atom is -0.354 e. The predicted molar refractivity (Wildman–Crippen MR) is 102 cm³/mol. The molecule has 27 heavy (non-hydrogen) atoms. The first-order valence-electron chi connectivity index (χ1n) is 9.59. The third-order valence-corrected chi connectivity index (χ3v) is 8.42. The molecule has 1 aliphatic heterocycles. The Labute approximate surface area is 160 Å². The lowest BCUT2D eigenvalue weighted by Crippen LogP contribution is -2.61. The zero-order valence-corrected chi connectivity index (χ0v) is 16.5. The van der Waals surface area contributed by atoms with Crippen LogP contribution >= 0.6 is 0 Å². The Morgan fingerprint density at radius 3 is 2.37 bits per heavy atom. The number of nitrogens with zero attached hydrogens (tertiary/aromatic N) is 3. The highest BCUT2D eigenvalue weighted by molar-refractivity contribution is 7.91. The van der Waals surface area contributed by atoms with Crippen LogP contribution in [-0.4, -0.2) is 59.7 Å². The third-order valence-electron chi connectivity index (χ3n) is 5.79. The van der Waals surface area contributed by atoms with Gasteiger partial charge in [-0.1, -0.05) is 32.3 Å². The fourth-order valence-corrected chi connectivity index (χ4v) is 6.27. The molecule has 1 aromatic rings. The lowest BCUT2D eigenvalue weighted by atomic mass is 9.88. The highest BCUT2D eigenvalue weighted by Crippen LogP contribution is 2.38. The van der Waals surface area contributed by atoms with Gasteiger partial charge in [-0.05, 0) is 30.9 Å². The van der Waals surface area contributed by atoms with Gasteiger partial charge in [-0.15, -0.1) is 0 Å². The van der Waals surface area contributed by atoms with Gasteiger partial charge >= 0.3 is 0 Å². The van der Waals surface area contributed by atoms with E-state index >= 15 is 0 Å². The summed E-state index contributed by atoms with van der Waals surface area (Å²) in [6.45, 7) is 3.73. The summed E-state index contributed by atoms with van der Waals surface area (Å²) in [6, 6.07) is 4.00. The number of carbonyl (C=O) groups excluding carboxylic acids is 1. The molecule has 3 rings (SSSR count). The average Bonchev–Trinajstić information content (AvgIpc) is 2.73. The van der Waals surface area contributed by atoms with Crippen LogP contribution in [0.15, 0.2) is 18.3 Å². The van der Waals surface area contributed by atoms with E-state index in [4.69, 9.17) is 5.21 Å². The summed E-state index contributed by atoms with van der Waals surface area (Å²) < 4.78 is 26.5. The Hall–Kier alpha value is -1.71. The Balaban J connectivity index is 1.74. The van der Waals surface area contributed by atoms with Gasteiger partial charge in [0.15, 0.2) is 4.75 Å². The summed E-state index contributed by atoms with van der Waals surface area (Å²) in [6.07, 6.45) is 5.52. The molecular weight excluding hydrogens is 368 g/mol. The first-order valence-corrected chi connectivity index (χ1v) is 11.0. The van der Waals surface area contributed by atoms with Crippen molar-refractivity contribution in [3.63, 3.8) is 0 Å². The van der Waals surface area contributed by atoms with Crippen LogP contribution in [0.4, 0.5) is 5.82 Å². The number of anilines is 1. The molecule has 8 nitrogen and oxygen atoms in total. The summed E-state index contributed by atoms with van der Waals surface area (Å²) in [5.41, 5.74) is 2.76. The Kier molecular flexibility index (Phi) is 6.02. The highest BCUT2D eigenvalue weighted by Gasteiger charge is 2.53. The van der Waals surface area contributed by atoms with Gasteiger partial charge in [-0.25, -0.2) is 18.9 Å². The Morgan fingerprint density at radius 1 is 1.19 bits per heavy atom. The molecule has 0 bridgehead atoms.